The molecule has 1 heterocycles. The van der Waals surface area contributed by atoms with Crippen molar-refractivity contribution in [2.24, 2.45) is 0 Å². The van der Waals surface area contributed by atoms with Crippen LogP contribution >= 0.6 is 0 Å². The molecule has 18 heavy (non-hydrogen) atoms. The Morgan fingerprint density at radius 1 is 1.50 bits per heavy atom. The number of methoxy groups -OCH3 is 1. The van der Waals surface area contributed by atoms with E-state index in [1.54, 1.807) is 4.90 Å². The number of sulfone groups is 1. The highest BCUT2D eigenvalue weighted by atomic mass is 32.2. The Labute approximate surface area is 108 Å². The van der Waals surface area contributed by atoms with Gasteiger partial charge in [0.2, 0.25) is 5.91 Å². The van der Waals surface area contributed by atoms with Crippen molar-refractivity contribution in [2.75, 3.05) is 19.4 Å². The van der Waals surface area contributed by atoms with Crippen molar-refractivity contribution in [3.05, 3.63) is 0 Å². The topological polar surface area (TPSA) is 83.9 Å². The van der Waals surface area contributed by atoms with E-state index < -0.39 is 21.4 Å². The van der Waals surface area contributed by atoms with Gasteiger partial charge in [0.25, 0.3) is 0 Å². The van der Waals surface area contributed by atoms with E-state index >= 15 is 0 Å². The van der Waals surface area contributed by atoms with Crippen molar-refractivity contribution in [3.63, 3.8) is 0 Å². The van der Waals surface area contributed by atoms with Crippen LogP contribution < -0.4 is 0 Å². The van der Waals surface area contributed by atoms with Gasteiger partial charge in [-0.3, -0.25) is 4.79 Å². The molecule has 1 N–H and O–H groups in total. The first-order valence-corrected chi connectivity index (χ1v) is 7.74. The number of hydrogen-bond acceptors (Lipinski definition) is 5. The van der Waals surface area contributed by atoms with Gasteiger partial charge in [0.15, 0.2) is 16.1 Å². The Morgan fingerprint density at radius 3 is 2.56 bits per heavy atom. The lowest BCUT2D eigenvalue weighted by molar-refractivity contribution is -0.128. The van der Waals surface area contributed by atoms with Gasteiger partial charge in [-0.15, -0.1) is 0 Å². The van der Waals surface area contributed by atoms with E-state index in [-0.39, 0.29) is 24.1 Å². The molecule has 2 unspecified atom stereocenters. The first kappa shape index (κ1) is 15.4. The third-order valence-electron chi connectivity index (χ3n) is 3.17. The van der Waals surface area contributed by atoms with Gasteiger partial charge in [0, 0.05) is 26.1 Å². The summed E-state index contributed by atoms with van der Waals surface area (Å²) in [6.07, 6.45) is -0.773. The van der Waals surface area contributed by atoms with Crippen molar-refractivity contribution < 1.29 is 23.1 Å². The van der Waals surface area contributed by atoms with Crippen molar-refractivity contribution in [3.8, 4) is 0 Å². The predicted molar refractivity (Wildman–Crippen MR) is 66.7 cm³/mol. The average Bonchev–Trinajstić information content (AvgIpc) is 2.68. The molecule has 7 heteroatoms. The molecule has 0 aromatic heterocycles. The minimum absolute atomic E-state index is 0.00963. The van der Waals surface area contributed by atoms with Crippen LogP contribution in [-0.4, -0.2) is 61.3 Å². The second kappa shape index (κ2) is 5.99. The van der Waals surface area contributed by atoms with Gasteiger partial charge in [-0.25, -0.2) is 8.42 Å². The Kier molecular flexibility index (Phi) is 5.12. The number of carbonyl (C=O) groups excluding carboxylic acids is 1. The molecule has 106 valence electrons. The zero-order chi connectivity index (χ0) is 13.9. The quantitative estimate of drug-likeness (QED) is 0.679. The molecule has 0 aromatic carbocycles. The molecule has 0 bridgehead atoms. The normalized spacial score (nSPS) is 22.8. The smallest absolute Gasteiger partial charge is 0.241 e. The van der Waals surface area contributed by atoms with E-state index in [1.165, 1.54) is 7.11 Å². The van der Waals surface area contributed by atoms with E-state index in [9.17, 15) is 18.3 Å². The van der Waals surface area contributed by atoms with Gasteiger partial charge in [-0.1, -0.05) is 0 Å². The molecular formula is C11H21NO5S. The van der Waals surface area contributed by atoms with E-state index in [2.05, 4.69) is 4.74 Å². The van der Waals surface area contributed by atoms with Gasteiger partial charge >= 0.3 is 0 Å². The molecular weight excluding hydrogens is 258 g/mol. The molecule has 0 spiro atoms. The summed E-state index contributed by atoms with van der Waals surface area (Å²) in [6, 6.07) is 0.0160. The summed E-state index contributed by atoms with van der Waals surface area (Å²) in [5, 5.41) is 8.23. The van der Waals surface area contributed by atoms with Crippen LogP contribution in [0.2, 0.25) is 0 Å². The molecule has 1 saturated heterocycles. The maximum absolute atomic E-state index is 12.0. The summed E-state index contributed by atoms with van der Waals surface area (Å²) in [4.78, 5) is 13.5. The third kappa shape index (κ3) is 3.43. The van der Waals surface area contributed by atoms with E-state index in [4.69, 9.17) is 0 Å². The number of aliphatic hydroxyl groups is 1. The average molecular weight is 279 g/mol. The highest BCUT2D eigenvalue weighted by molar-refractivity contribution is 7.92. The molecule has 0 aliphatic carbocycles. The van der Waals surface area contributed by atoms with Crippen LogP contribution in [0.4, 0.5) is 0 Å². The van der Waals surface area contributed by atoms with Gasteiger partial charge in [-0.05, 0) is 20.3 Å². The number of hydrogen-bond donors (Lipinski definition) is 1. The zero-order valence-corrected chi connectivity index (χ0v) is 11.8. The number of nitrogens with zero attached hydrogens (tertiary/aromatic N) is 1. The van der Waals surface area contributed by atoms with Crippen molar-refractivity contribution in [1.82, 2.24) is 4.90 Å². The summed E-state index contributed by atoms with van der Waals surface area (Å²) < 4.78 is 28.6. The number of ether oxygens (including phenoxy) is 1. The standard InChI is InChI=1S/C11H21NO5S/c1-8(2)12-6-4-9(11(12)14)18(15,16)7-5-10(13)17-3/h8-10,13H,4-7H2,1-3H3. The van der Waals surface area contributed by atoms with Crippen molar-refractivity contribution in [2.45, 2.75) is 44.3 Å². The highest BCUT2D eigenvalue weighted by Gasteiger charge is 2.41. The lowest BCUT2D eigenvalue weighted by Crippen LogP contribution is -2.38. The predicted octanol–water partition coefficient (Wildman–Crippen LogP) is -0.235. The largest absolute Gasteiger partial charge is 0.368 e. The molecule has 1 fully saturated rings. The van der Waals surface area contributed by atoms with Crippen LogP contribution in [0.5, 0.6) is 0 Å². The van der Waals surface area contributed by atoms with Crippen LogP contribution in [0.3, 0.4) is 0 Å². The van der Waals surface area contributed by atoms with Crippen LogP contribution in [0.15, 0.2) is 0 Å². The lowest BCUT2D eigenvalue weighted by Gasteiger charge is -2.21. The fourth-order valence-corrected chi connectivity index (χ4v) is 3.77. The number of amides is 1. The SMILES string of the molecule is COC(O)CCS(=O)(=O)C1CCN(C(C)C)C1=O. The fraction of sp³-hybridized carbons (Fsp3) is 0.909. The number of carbonyl (C=O) groups is 1. The van der Waals surface area contributed by atoms with Crippen LogP contribution in [0.25, 0.3) is 0 Å². The summed E-state index contributed by atoms with van der Waals surface area (Å²) in [6.45, 7) is 4.20. The van der Waals surface area contributed by atoms with Gasteiger partial charge in [0.05, 0.1) is 5.75 Å². The van der Waals surface area contributed by atoms with E-state index in [1.807, 2.05) is 13.8 Å². The molecule has 2 atom stereocenters. The molecule has 1 aliphatic heterocycles. The number of rotatable bonds is 6. The summed E-state index contributed by atoms with van der Waals surface area (Å²) in [7, 11) is -2.21. The third-order valence-corrected chi connectivity index (χ3v) is 5.28. The van der Waals surface area contributed by atoms with Crippen molar-refractivity contribution >= 4 is 15.7 Å². The Morgan fingerprint density at radius 2 is 2.11 bits per heavy atom. The minimum Gasteiger partial charge on any atom is -0.368 e. The minimum atomic E-state index is -3.51. The molecule has 1 amide bonds. The van der Waals surface area contributed by atoms with Gasteiger partial charge in [0.1, 0.15) is 5.25 Å². The Bertz CT molecular complexity index is 392. The van der Waals surface area contributed by atoms with E-state index in [0.717, 1.165) is 0 Å². The second-order valence-corrected chi connectivity index (χ2v) is 7.05. The Hall–Kier alpha value is -0.660. The zero-order valence-electron chi connectivity index (χ0n) is 11.0. The van der Waals surface area contributed by atoms with Crippen LogP contribution in [-0.2, 0) is 19.4 Å². The monoisotopic (exact) mass is 279 g/mol. The van der Waals surface area contributed by atoms with E-state index in [0.29, 0.717) is 13.0 Å². The fourth-order valence-electron chi connectivity index (χ4n) is 2.05. The van der Waals surface area contributed by atoms with Crippen LogP contribution in [0.1, 0.15) is 26.7 Å². The van der Waals surface area contributed by atoms with Gasteiger partial charge in [-0.2, -0.15) is 0 Å². The lowest BCUT2D eigenvalue weighted by atomic mass is 10.3. The second-order valence-electron chi connectivity index (χ2n) is 4.75. The highest BCUT2D eigenvalue weighted by Crippen LogP contribution is 2.22. The first-order chi connectivity index (χ1) is 8.29. The Balaban J connectivity index is 2.67. The molecule has 0 saturated carbocycles. The molecule has 6 nitrogen and oxygen atoms in total. The van der Waals surface area contributed by atoms with Crippen LogP contribution in [0, 0.1) is 0 Å². The number of likely N-dealkylation sites (tertiary alicyclic amines) is 1. The summed E-state index contributed by atoms with van der Waals surface area (Å²) in [5.41, 5.74) is 0. The maximum atomic E-state index is 12.0. The van der Waals surface area contributed by atoms with Gasteiger partial charge < -0.3 is 14.7 Å². The number of aliphatic hydroxyl groups excluding tert-OH is 1. The first-order valence-electron chi connectivity index (χ1n) is 6.02. The summed E-state index contributed by atoms with van der Waals surface area (Å²) in [5.74, 6) is -0.554. The molecule has 0 radical (unpaired) electrons. The molecule has 1 rings (SSSR count). The summed E-state index contributed by atoms with van der Waals surface area (Å²) >= 11 is 0. The van der Waals surface area contributed by atoms with Crippen molar-refractivity contribution in [1.29, 1.82) is 0 Å². The maximum Gasteiger partial charge on any atom is 0.241 e. The molecule has 0 aromatic rings. The molecule has 1 aliphatic rings.